The van der Waals surface area contributed by atoms with E-state index in [1.54, 1.807) is 6.08 Å². The summed E-state index contributed by atoms with van der Waals surface area (Å²) in [6.45, 7) is 28.6. The molecular formula is C54H79N3O5. The van der Waals surface area contributed by atoms with Gasteiger partial charge in [0.05, 0.1) is 16.8 Å². The third-order valence-corrected chi connectivity index (χ3v) is 13.3. The highest BCUT2D eigenvalue weighted by Crippen LogP contribution is 2.45. The second-order valence-electron chi connectivity index (χ2n) is 18.7. The van der Waals surface area contributed by atoms with Gasteiger partial charge in [0.15, 0.2) is 6.10 Å². The maximum atomic E-state index is 14.4. The van der Waals surface area contributed by atoms with Gasteiger partial charge in [0.25, 0.3) is 5.91 Å². The van der Waals surface area contributed by atoms with Crippen molar-refractivity contribution in [2.24, 2.45) is 0 Å². The van der Waals surface area contributed by atoms with Gasteiger partial charge in [-0.05, 0) is 122 Å². The molecule has 3 N–H and O–H groups in total. The summed E-state index contributed by atoms with van der Waals surface area (Å²) in [5.74, 6) is -0.485. The van der Waals surface area contributed by atoms with E-state index in [4.69, 9.17) is 4.74 Å². The Kier molecular flexibility index (Phi) is 18.3. The minimum Gasteiger partial charge on any atom is -0.506 e. The van der Waals surface area contributed by atoms with Crippen molar-refractivity contribution < 1.29 is 24.2 Å². The topological polar surface area (TPSA) is 108 Å². The van der Waals surface area contributed by atoms with Crippen molar-refractivity contribution in [3.63, 3.8) is 0 Å². The standard InChI is InChI=1S/C54H79N3O5/c1-13-20-24-28-55-42-35-44(57(29-22-15-3)30-23-16-4)36(8)31-40(42)49-50(59)48(51(49)60)39-34-43(45(58)32-37(39)17-5)56-52(61)47(25-21-14-2)62-46-27-26-38(53(9,10)18-6)33-41(46)54(11,12)19-7/h26-27,31-35,47,55,59H,13-25,28-30H2,1-12H3,(H,56,61)/b48-39-. The molecule has 0 aromatic heterocycles. The third kappa shape index (κ3) is 11.7. The Morgan fingerprint density at radius 3 is 2.02 bits per heavy atom. The average molecular weight is 850 g/mol. The van der Waals surface area contributed by atoms with Gasteiger partial charge in [0, 0.05) is 42.1 Å². The molecule has 62 heavy (non-hydrogen) atoms. The van der Waals surface area contributed by atoms with E-state index in [9.17, 15) is 19.5 Å². The lowest BCUT2D eigenvalue weighted by molar-refractivity contribution is -0.128. The number of aliphatic hydroxyl groups is 1. The fourth-order valence-corrected chi connectivity index (χ4v) is 8.16. The highest BCUT2D eigenvalue weighted by Gasteiger charge is 2.40. The summed E-state index contributed by atoms with van der Waals surface area (Å²) in [5, 5.41) is 18.4. The largest absolute Gasteiger partial charge is 0.506 e. The van der Waals surface area contributed by atoms with Crippen molar-refractivity contribution in [1.82, 2.24) is 5.32 Å². The van der Waals surface area contributed by atoms with Crippen LogP contribution in [0.25, 0.3) is 5.57 Å². The maximum absolute atomic E-state index is 14.4. The zero-order valence-corrected chi connectivity index (χ0v) is 40.5. The molecule has 0 heterocycles. The summed E-state index contributed by atoms with van der Waals surface area (Å²) in [7, 11) is 0. The first-order chi connectivity index (χ1) is 29.5. The summed E-state index contributed by atoms with van der Waals surface area (Å²) in [6, 6.07) is 10.5. The number of ketones is 2. The lowest BCUT2D eigenvalue weighted by Gasteiger charge is -2.32. The van der Waals surface area contributed by atoms with Gasteiger partial charge in [0.1, 0.15) is 11.5 Å². The molecule has 1 amide bonds. The van der Waals surface area contributed by atoms with Gasteiger partial charge in [-0.25, -0.2) is 0 Å². The van der Waals surface area contributed by atoms with E-state index in [1.165, 1.54) is 11.6 Å². The molecule has 2 aromatic rings. The van der Waals surface area contributed by atoms with E-state index in [-0.39, 0.29) is 45.0 Å². The Morgan fingerprint density at radius 2 is 1.44 bits per heavy atom. The molecule has 8 heteroatoms. The number of ether oxygens (including phenoxy) is 1. The number of hydrogen-bond donors (Lipinski definition) is 3. The fourth-order valence-electron chi connectivity index (χ4n) is 8.16. The fraction of sp³-hybridized carbons (Fsp3) is 0.574. The normalized spacial score (nSPS) is 16.2. The first-order valence-electron chi connectivity index (χ1n) is 24.0. The molecule has 0 bridgehead atoms. The van der Waals surface area contributed by atoms with Crippen molar-refractivity contribution in [2.45, 2.75) is 183 Å². The van der Waals surface area contributed by atoms with Crippen LogP contribution >= 0.6 is 0 Å². The number of aliphatic hydroxyl groups excluding tert-OH is 1. The molecule has 1 atom stereocenters. The number of anilines is 2. The summed E-state index contributed by atoms with van der Waals surface area (Å²) < 4.78 is 6.66. The molecule has 2 aliphatic carbocycles. The van der Waals surface area contributed by atoms with Gasteiger partial charge in [-0.3, -0.25) is 14.4 Å². The summed E-state index contributed by atoms with van der Waals surface area (Å²) in [5.41, 5.74) is 7.35. The highest BCUT2D eigenvalue weighted by molar-refractivity contribution is 6.40. The lowest BCUT2D eigenvalue weighted by Crippen LogP contribution is -2.40. The predicted molar refractivity (Wildman–Crippen MR) is 259 cm³/mol. The number of hydrogen-bond acceptors (Lipinski definition) is 7. The zero-order valence-electron chi connectivity index (χ0n) is 40.5. The Hall–Kier alpha value is -4.59. The first-order valence-corrected chi connectivity index (χ1v) is 24.0. The number of nitrogens with one attached hydrogen (secondary N) is 2. The van der Waals surface area contributed by atoms with Gasteiger partial charge in [-0.2, -0.15) is 0 Å². The molecule has 8 nitrogen and oxygen atoms in total. The van der Waals surface area contributed by atoms with Gasteiger partial charge in [-0.1, -0.05) is 120 Å². The van der Waals surface area contributed by atoms with E-state index >= 15 is 0 Å². The maximum Gasteiger partial charge on any atom is 0.265 e. The van der Waals surface area contributed by atoms with Crippen molar-refractivity contribution in [3.05, 3.63) is 92.9 Å². The molecule has 0 fully saturated rings. The van der Waals surface area contributed by atoms with Crippen LogP contribution in [0.1, 0.15) is 182 Å². The number of benzene rings is 2. The summed E-state index contributed by atoms with van der Waals surface area (Å²) in [6.07, 6.45) is 14.2. The molecule has 1 unspecified atom stereocenters. The smallest absolute Gasteiger partial charge is 0.265 e. The predicted octanol–water partition coefficient (Wildman–Crippen LogP) is 13.1. The van der Waals surface area contributed by atoms with Crippen molar-refractivity contribution in [2.75, 3.05) is 29.9 Å². The molecule has 0 spiro atoms. The quantitative estimate of drug-likeness (QED) is 0.0674. The summed E-state index contributed by atoms with van der Waals surface area (Å²) >= 11 is 0. The minimum absolute atomic E-state index is 0.0199. The van der Waals surface area contributed by atoms with E-state index in [1.807, 2.05) is 19.1 Å². The van der Waals surface area contributed by atoms with Gasteiger partial charge < -0.3 is 25.4 Å². The van der Waals surface area contributed by atoms with Gasteiger partial charge in [-0.15, -0.1) is 0 Å². The number of unbranched alkanes of at least 4 members (excludes halogenated alkanes) is 5. The molecule has 0 saturated heterocycles. The van der Waals surface area contributed by atoms with Crippen molar-refractivity contribution >= 4 is 34.4 Å². The number of Topliss-reactive ketones (excluding diaryl/α,β-unsaturated/α-hetero) is 1. The number of carbonyl (C=O) groups excluding carboxylic acids is 3. The van der Waals surface area contributed by atoms with Crippen LogP contribution in [0.15, 0.2) is 70.7 Å². The van der Waals surface area contributed by atoms with Crippen LogP contribution in [0.4, 0.5) is 11.4 Å². The Bertz CT molecular complexity index is 2040. The van der Waals surface area contributed by atoms with E-state index in [0.717, 1.165) is 113 Å². The molecular weight excluding hydrogens is 771 g/mol. The number of nitrogens with zero attached hydrogens (tertiary/aromatic N) is 1. The Morgan fingerprint density at radius 1 is 0.790 bits per heavy atom. The first kappa shape index (κ1) is 50.1. The van der Waals surface area contributed by atoms with E-state index < -0.39 is 12.0 Å². The third-order valence-electron chi connectivity index (χ3n) is 13.3. The minimum atomic E-state index is -0.854. The average Bonchev–Trinajstić information content (AvgIpc) is 3.25. The molecule has 2 aliphatic rings. The van der Waals surface area contributed by atoms with Crippen LogP contribution in [-0.2, 0) is 25.2 Å². The van der Waals surface area contributed by atoms with Crippen LogP contribution in [-0.4, -0.2) is 48.3 Å². The van der Waals surface area contributed by atoms with Crippen molar-refractivity contribution in [1.29, 1.82) is 0 Å². The second kappa shape index (κ2) is 22.7. The molecule has 0 aliphatic heterocycles. The van der Waals surface area contributed by atoms with Crippen LogP contribution in [0, 0.1) is 6.92 Å². The lowest BCUT2D eigenvalue weighted by atomic mass is 9.76. The number of rotatable bonds is 25. The van der Waals surface area contributed by atoms with Crippen LogP contribution in [0.2, 0.25) is 0 Å². The van der Waals surface area contributed by atoms with Crippen LogP contribution < -0.4 is 20.3 Å². The molecule has 4 rings (SSSR count). The molecule has 340 valence electrons. The van der Waals surface area contributed by atoms with Crippen molar-refractivity contribution in [3.8, 4) is 5.75 Å². The Balaban J connectivity index is 1.76. The zero-order chi connectivity index (χ0) is 45.8. The van der Waals surface area contributed by atoms with Gasteiger partial charge in [0.2, 0.25) is 11.6 Å². The highest BCUT2D eigenvalue weighted by atomic mass is 16.5. The SMILES string of the molecule is CCCCCNc1cc(N(CCCC)CCCC)c(C)cc1C1=C(O)/C(=C2\C=C(NC(=O)C(CCCC)Oc3ccc(C(C)(C)CC)cc3C(C)(C)CC)C(=O)C=C2CC)C1=O. The number of carbonyl (C=O) groups is 3. The van der Waals surface area contributed by atoms with Gasteiger partial charge >= 0.3 is 0 Å². The molecule has 0 radical (unpaired) electrons. The molecule has 2 aromatic carbocycles. The monoisotopic (exact) mass is 850 g/mol. The number of amides is 1. The number of allylic oxidation sites excluding steroid dienone is 6. The Labute approximate surface area is 374 Å². The van der Waals surface area contributed by atoms with Crippen LogP contribution in [0.5, 0.6) is 5.75 Å². The summed E-state index contributed by atoms with van der Waals surface area (Å²) in [4.78, 5) is 44.7. The van der Waals surface area contributed by atoms with E-state index in [2.05, 4.69) is 110 Å². The molecule has 0 saturated carbocycles. The van der Waals surface area contributed by atoms with E-state index in [0.29, 0.717) is 35.3 Å². The number of aryl methyl sites for hydroxylation is 1. The second-order valence-corrected chi connectivity index (χ2v) is 18.7. The van der Waals surface area contributed by atoms with Crippen LogP contribution in [0.3, 0.4) is 0 Å².